The number of sulfonamides is 1. The molecule has 0 bridgehead atoms. The molecule has 1 aliphatic heterocycles. The van der Waals surface area contributed by atoms with Crippen LogP contribution in [0.15, 0.2) is 35.2 Å². The number of hydrogen-bond acceptors (Lipinski definition) is 6. The van der Waals surface area contributed by atoms with Gasteiger partial charge in [-0.05, 0) is 37.1 Å². The number of hydrogen-bond donors (Lipinski definition) is 0. The highest BCUT2D eigenvalue weighted by atomic mass is 32.2. The highest BCUT2D eigenvalue weighted by molar-refractivity contribution is 7.89. The standard InChI is InChI=1S/C19H17F3N2O4S2/c1-27-15-3-2-11(20)10-17(15)30(25,26)24-6-4-13(5-7-24)28-19-23-18-14(22)8-12(21)9-16(18)29-19/h2-3,8-10,13H,4-7H2,1H3. The molecule has 0 atom stereocenters. The first-order valence-corrected chi connectivity index (χ1v) is 11.3. The Labute approximate surface area is 174 Å². The fourth-order valence-electron chi connectivity index (χ4n) is 3.31. The van der Waals surface area contributed by atoms with Gasteiger partial charge in [-0.25, -0.2) is 21.6 Å². The van der Waals surface area contributed by atoms with Gasteiger partial charge in [0.05, 0.1) is 11.8 Å². The van der Waals surface area contributed by atoms with Gasteiger partial charge in [0, 0.05) is 19.2 Å². The normalized spacial score (nSPS) is 16.1. The van der Waals surface area contributed by atoms with Crippen molar-refractivity contribution in [3.8, 4) is 10.9 Å². The van der Waals surface area contributed by atoms with Crippen LogP contribution in [0, 0.1) is 17.5 Å². The van der Waals surface area contributed by atoms with Crippen LogP contribution in [-0.4, -0.2) is 44.0 Å². The highest BCUT2D eigenvalue weighted by Gasteiger charge is 2.33. The van der Waals surface area contributed by atoms with Crippen molar-refractivity contribution in [1.29, 1.82) is 0 Å². The summed E-state index contributed by atoms with van der Waals surface area (Å²) in [6, 6.07) is 5.28. The molecule has 1 fully saturated rings. The summed E-state index contributed by atoms with van der Waals surface area (Å²) in [5.74, 6) is -2.06. The van der Waals surface area contributed by atoms with Gasteiger partial charge in [0.15, 0.2) is 5.82 Å². The van der Waals surface area contributed by atoms with E-state index in [2.05, 4.69) is 4.98 Å². The first-order chi connectivity index (χ1) is 14.3. The number of rotatable bonds is 5. The van der Waals surface area contributed by atoms with Crippen LogP contribution in [0.2, 0.25) is 0 Å². The molecule has 2 heterocycles. The van der Waals surface area contributed by atoms with Crippen LogP contribution in [0.4, 0.5) is 13.2 Å². The Morgan fingerprint density at radius 1 is 1.10 bits per heavy atom. The topological polar surface area (TPSA) is 68.7 Å². The lowest BCUT2D eigenvalue weighted by Crippen LogP contribution is -2.41. The number of fused-ring (bicyclic) bond motifs is 1. The third-order valence-electron chi connectivity index (χ3n) is 4.81. The number of halogens is 3. The molecule has 30 heavy (non-hydrogen) atoms. The minimum absolute atomic E-state index is 0.0367. The maximum absolute atomic E-state index is 13.8. The van der Waals surface area contributed by atoms with Gasteiger partial charge in [-0.3, -0.25) is 0 Å². The van der Waals surface area contributed by atoms with E-state index in [1.807, 2.05) is 0 Å². The van der Waals surface area contributed by atoms with Gasteiger partial charge < -0.3 is 9.47 Å². The average Bonchev–Trinajstić information content (AvgIpc) is 3.11. The minimum Gasteiger partial charge on any atom is -0.495 e. The molecule has 11 heteroatoms. The molecule has 0 radical (unpaired) electrons. The van der Waals surface area contributed by atoms with Crippen LogP contribution in [0.5, 0.6) is 10.9 Å². The van der Waals surface area contributed by atoms with Crippen molar-refractivity contribution in [1.82, 2.24) is 9.29 Å². The fourth-order valence-corrected chi connectivity index (χ4v) is 5.87. The molecule has 2 aromatic carbocycles. The number of thiazole rings is 1. The van der Waals surface area contributed by atoms with Gasteiger partial charge in [0.2, 0.25) is 10.0 Å². The molecule has 1 saturated heterocycles. The van der Waals surface area contributed by atoms with Crippen molar-refractivity contribution in [2.45, 2.75) is 23.8 Å². The van der Waals surface area contributed by atoms with E-state index in [9.17, 15) is 21.6 Å². The maximum atomic E-state index is 13.8. The SMILES string of the molecule is COc1ccc(F)cc1S(=O)(=O)N1CCC(Oc2nc3c(F)cc(F)cc3s2)CC1. The van der Waals surface area contributed by atoms with Crippen LogP contribution >= 0.6 is 11.3 Å². The molecular weight excluding hydrogens is 441 g/mol. The van der Waals surface area contributed by atoms with Gasteiger partial charge in [0.25, 0.3) is 5.19 Å². The fraction of sp³-hybridized carbons (Fsp3) is 0.316. The van der Waals surface area contributed by atoms with Crippen LogP contribution < -0.4 is 9.47 Å². The molecule has 0 unspecified atom stereocenters. The molecule has 6 nitrogen and oxygen atoms in total. The second-order valence-corrected chi connectivity index (χ2v) is 9.63. The van der Waals surface area contributed by atoms with Crippen molar-refractivity contribution in [3.05, 3.63) is 47.8 Å². The molecule has 3 aromatic rings. The summed E-state index contributed by atoms with van der Waals surface area (Å²) in [4.78, 5) is 3.83. The van der Waals surface area contributed by atoms with Crippen molar-refractivity contribution in [2.75, 3.05) is 20.2 Å². The zero-order valence-electron chi connectivity index (χ0n) is 15.8. The highest BCUT2D eigenvalue weighted by Crippen LogP contribution is 2.33. The molecule has 1 aliphatic rings. The van der Waals surface area contributed by atoms with Crippen LogP contribution in [0.25, 0.3) is 10.2 Å². The molecule has 0 amide bonds. The Morgan fingerprint density at radius 3 is 2.53 bits per heavy atom. The monoisotopic (exact) mass is 458 g/mol. The smallest absolute Gasteiger partial charge is 0.274 e. The lowest BCUT2D eigenvalue weighted by atomic mass is 10.1. The van der Waals surface area contributed by atoms with Gasteiger partial charge in [-0.2, -0.15) is 9.29 Å². The van der Waals surface area contributed by atoms with Gasteiger partial charge in [-0.15, -0.1) is 0 Å². The number of piperidine rings is 1. The quantitative estimate of drug-likeness (QED) is 0.579. The first kappa shape index (κ1) is 20.9. The largest absolute Gasteiger partial charge is 0.495 e. The summed E-state index contributed by atoms with van der Waals surface area (Å²) >= 11 is 1.03. The van der Waals surface area contributed by atoms with E-state index < -0.39 is 27.5 Å². The molecule has 4 rings (SSSR count). The van der Waals surface area contributed by atoms with Gasteiger partial charge in [-0.1, -0.05) is 11.3 Å². The van der Waals surface area contributed by atoms with E-state index >= 15 is 0 Å². The van der Waals surface area contributed by atoms with Crippen molar-refractivity contribution in [3.63, 3.8) is 0 Å². The Balaban J connectivity index is 1.46. The third kappa shape index (κ3) is 3.96. The molecule has 0 spiro atoms. The molecule has 0 aliphatic carbocycles. The van der Waals surface area contributed by atoms with Gasteiger partial charge in [0.1, 0.15) is 33.9 Å². The molecule has 0 saturated carbocycles. The number of methoxy groups -OCH3 is 1. The second-order valence-electron chi connectivity index (χ2n) is 6.73. The van der Waals surface area contributed by atoms with Crippen LogP contribution in [0.1, 0.15) is 12.8 Å². The second kappa shape index (κ2) is 8.05. The summed E-state index contributed by atoms with van der Waals surface area (Å²) in [6.07, 6.45) is 0.395. The average molecular weight is 458 g/mol. The maximum Gasteiger partial charge on any atom is 0.274 e. The molecule has 160 valence electrons. The van der Waals surface area contributed by atoms with E-state index in [0.29, 0.717) is 17.5 Å². The van der Waals surface area contributed by atoms with E-state index in [0.717, 1.165) is 29.5 Å². The van der Waals surface area contributed by atoms with Crippen molar-refractivity contribution >= 4 is 31.6 Å². The van der Waals surface area contributed by atoms with Crippen LogP contribution in [-0.2, 0) is 10.0 Å². The van der Waals surface area contributed by atoms with E-state index in [-0.39, 0.29) is 40.5 Å². The Morgan fingerprint density at radius 2 is 1.83 bits per heavy atom. The van der Waals surface area contributed by atoms with Crippen LogP contribution in [0.3, 0.4) is 0 Å². The van der Waals surface area contributed by atoms with Gasteiger partial charge >= 0.3 is 0 Å². The summed E-state index contributed by atoms with van der Waals surface area (Å²) in [6.45, 7) is 0.307. The summed E-state index contributed by atoms with van der Waals surface area (Å²) in [7, 11) is -2.63. The number of aromatic nitrogens is 1. The zero-order valence-corrected chi connectivity index (χ0v) is 17.4. The predicted molar refractivity (Wildman–Crippen MR) is 105 cm³/mol. The molecule has 1 aromatic heterocycles. The molecule has 0 N–H and O–H groups in total. The number of benzene rings is 2. The number of nitrogens with zero attached hydrogens (tertiary/aromatic N) is 2. The lowest BCUT2D eigenvalue weighted by Gasteiger charge is -2.31. The Kier molecular flexibility index (Phi) is 5.60. The van der Waals surface area contributed by atoms with Crippen molar-refractivity contribution in [2.24, 2.45) is 0 Å². The lowest BCUT2D eigenvalue weighted by molar-refractivity contribution is 0.135. The predicted octanol–water partition coefficient (Wildman–Crippen LogP) is 3.95. The Bertz CT molecular complexity index is 1190. The summed E-state index contributed by atoms with van der Waals surface area (Å²) < 4.78 is 79.0. The zero-order chi connectivity index (χ0) is 21.5. The third-order valence-corrected chi connectivity index (χ3v) is 7.62. The van der Waals surface area contributed by atoms with E-state index in [1.54, 1.807) is 0 Å². The number of ether oxygens (including phenoxy) is 2. The summed E-state index contributed by atoms with van der Waals surface area (Å²) in [5, 5.41) is 0.197. The molecular formula is C19H17F3N2O4S2. The summed E-state index contributed by atoms with van der Waals surface area (Å²) in [5.41, 5.74) is 0.0367. The first-order valence-electron chi connectivity index (χ1n) is 9.04. The van der Waals surface area contributed by atoms with E-state index in [4.69, 9.17) is 9.47 Å². The minimum atomic E-state index is -3.95. The van der Waals surface area contributed by atoms with E-state index in [1.165, 1.54) is 23.5 Å². The van der Waals surface area contributed by atoms with Crippen molar-refractivity contribution < 1.29 is 31.1 Å². The Hall–Kier alpha value is -2.37.